The van der Waals surface area contributed by atoms with Crippen LogP contribution in [0.4, 0.5) is 11.4 Å². The van der Waals surface area contributed by atoms with Gasteiger partial charge in [0.25, 0.3) is 0 Å². The molecule has 3 nitrogen and oxygen atoms in total. The molecule has 0 amide bonds. The maximum Gasteiger partial charge on any atom is 0.119 e. The van der Waals surface area contributed by atoms with Gasteiger partial charge in [0.2, 0.25) is 0 Å². The molecule has 1 heterocycles. The second-order valence-electron chi connectivity index (χ2n) is 6.37. The molecule has 0 aliphatic rings. The molecule has 0 unspecified atom stereocenters. The van der Waals surface area contributed by atoms with Gasteiger partial charge in [0.15, 0.2) is 0 Å². The number of benzene rings is 3. The zero-order chi connectivity index (χ0) is 17.8. The molecular weight excluding hydrogens is 320 g/mol. The van der Waals surface area contributed by atoms with Crippen molar-refractivity contribution in [3.63, 3.8) is 0 Å². The molecule has 0 atom stereocenters. The Morgan fingerprint density at radius 1 is 0.808 bits per heavy atom. The van der Waals surface area contributed by atoms with Crippen molar-refractivity contribution in [2.24, 2.45) is 0 Å². The number of nitrogens with one attached hydrogen (secondary N) is 1. The molecule has 130 valence electrons. The Morgan fingerprint density at radius 2 is 1.42 bits per heavy atom. The molecular formula is C23H22N2O. The Labute approximate surface area is 153 Å². The van der Waals surface area contributed by atoms with Crippen LogP contribution in [-0.2, 0) is 0 Å². The molecule has 4 rings (SSSR count). The fourth-order valence-corrected chi connectivity index (χ4v) is 3.09. The van der Waals surface area contributed by atoms with Crippen molar-refractivity contribution in [2.45, 2.75) is 19.8 Å². The van der Waals surface area contributed by atoms with E-state index in [1.54, 1.807) is 0 Å². The van der Waals surface area contributed by atoms with Crippen LogP contribution >= 0.6 is 0 Å². The molecule has 0 bridgehead atoms. The van der Waals surface area contributed by atoms with Gasteiger partial charge >= 0.3 is 0 Å². The quantitative estimate of drug-likeness (QED) is 0.329. The average molecular weight is 342 g/mol. The van der Waals surface area contributed by atoms with Crippen molar-refractivity contribution >= 4 is 33.2 Å². The van der Waals surface area contributed by atoms with Gasteiger partial charge in [-0.3, -0.25) is 0 Å². The zero-order valence-corrected chi connectivity index (χ0v) is 14.9. The minimum atomic E-state index is 0.767. The Bertz CT molecular complexity index is 971. The third kappa shape index (κ3) is 3.33. The molecule has 26 heavy (non-hydrogen) atoms. The van der Waals surface area contributed by atoms with E-state index < -0.39 is 0 Å². The van der Waals surface area contributed by atoms with Gasteiger partial charge in [-0.05, 0) is 42.8 Å². The summed E-state index contributed by atoms with van der Waals surface area (Å²) in [7, 11) is 0. The fourth-order valence-electron chi connectivity index (χ4n) is 3.09. The fraction of sp³-hybridized carbons (Fsp3) is 0.174. The minimum absolute atomic E-state index is 0.767. The molecule has 0 radical (unpaired) electrons. The predicted molar refractivity (Wildman–Crippen MR) is 109 cm³/mol. The topological polar surface area (TPSA) is 34.1 Å². The third-order valence-corrected chi connectivity index (χ3v) is 4.48. The summed E-state index contributed by atoms with van der Waals surface area (Å²) in [5.41, 5.74) is 4.11. The normalized spacial score (nSPS) is 11.0. The van der Waals surface area contributed by atoms with E-state index in [9.17, 15) is 0 Å². The van der Waals surface area contributed by atoms with Gasteiger partial charge in [0, 0.05) is 16.5 Å². The highest BCUT2D eigenvalue weighted by atomic mass is 16.5. The highest BCUT2D eigenvalue weighted by Crippen LogP contribution is 2.33. The first-order chi connectivity index (χ1) is 12.8. The Kier molecular flexibility index (Phi) is 4.69. The lowest BCUT2D eigenvalue weighted by Gasteiger charge is -2.14. The van der Waals surface area contributed by atoms with E-state index in [4.69, 9.17) is 9.72 Å². The number of fused-ring (bicyclic) bond motifs is 2. The van der Waals surface area contributed by atoms with Crippen LogP contribution in [0.5, 0.6) is 5.75 Å². The summed E-state index contributed by atoms with van der Waals surface area (Å²) >= 11 is 0. The van der Waals surface area contributed by atoms with Crippen LogP contribution in [0.1, 0.15) is 19.8 Å². The molecule has 0 aliphatic carbocycles. The third-order valence-electron chi connectivity index (χ3n) is 4.48. The number of pyridine rings is 1. The van der Waals surface area contributed by atoms with Crippen LogP contribution < -0.4 is 10.1 Å². The van der Waals surface area contributed by atoms with Crippen molar-refractivity contribution < 1.29 is 4.74 Å². The van der Waals surface area contributed by atoms with Gasteiger partial charge in [0.05, 0.1) is 23.3 Å². The van der Waals surface area contributed by atoms with Gasteiger partial charge in [-0.1, -0.05) is 49.7 Å². The summed E-state index contributed by atoms with van der Waals surface area (Å²) in [6.45, 7) is 2.93. The predicted octanol–water partition coefficient (Wildman–Crippen LogP) is 6.31. The minimum Gasteiger partial charge on any atom is -0.494 e. The number of para-hydroxylation sites is 2. The van der Waals surface area contributed by atoms with E-state index in [0.29, 0.717) is 0 Å². The summed E-state index contributed by atoms with van der Waals surface area (Å²) in [5.74, 6) is 0.911. The van der Waals surface area contributed by atoms with Crippen molar-refractivity contribution in [1.29, 1.82) is 0 Å². The molecule has 0 aliphatic heterocycles. The van der Waals surface area contributed by atoms with Crippen LogP contribution in [0.2, 0.25) is 0 Å². The molecule has 4 aromatic rings. The van der Waals surface area contributed by atoms with Gasteiger partial charge < -0.3 is 10.1 Å². The van der Waals surface area contributed by atoms with Crippen molar-refractivity contribution in [1.82, 2.24) is 4.98 Å². The van der Waals surface area contributed by atoms with Crippen molar-refractivity contribution in [2.75, 3.05) is 11.9 Å². The van der Waals surface area contributed by atoms with Crippen LogP contribution in [0, 0.1) is 0 Å². The lowest BCUT2D eigenvalue weighted by Crippen LogP contribution is -1.97. The molecule has 1 aromatic heterocycles. The maximum atomic E-state index is 5.75. The smallest absolute Gasteiger partial charge is 0.119 e. The highest BCUT2D eigenvalue weighted by Gasteiger charge is 2.09. The van der Waals surface area contributed by atoms with Crippen molar-refractivity contribution in [3.05, 3.63) is 72.8 Å². The van der Waals surface area contributed by atoms with Crippen LogP contribution in [0.3, 0.4) is 0 Å². The zero-order valence-electron chi connectivity index (χ0n) is 14.9. The second-order valence-corrected chi connectivity index (χ2v) is 6.37. The Balaban J connectivity index is 1.69. The summed E-state index contributed by atoms with van der Waals surface area (Å²) in [6, 6.07) is 24.6. The van der Waals surface area contributed by atoms with Gasteiger partial charge in [-0.15, -0.1) is 0 Å². The number of hydrogen-bond acceptors (Lipinski definition) is 3. The Hall–Kier alpha value is -3.07. The summed E-state index contributed by atoms with van der Waals surface area (Å²) < 4.78 is 5.75. The van der Waals surface area contributed by atoms with E-state index in [1.807, 2.05) is 24.3 Å². The van der Waals surface area contributed by atoms with Crippen molar-refractivity contribution in [3.8, 4) is 5.75 Å². The van der Waals surface area contributed by atoms with Crippen LogP contribution in [0.25, 0.3) is 21.8 Å². The molecule has 0 spiro atoms. The first-order valence-corrected chi connectivity index (χ1v) is 9.12. The number of anilines is 2. The van der Waals surface area contributed by atoms with Gasteiger partial charge in [-0.25, -0.2) is 4.98 Å². The standard InChI is InChI=1S/C23H22N2O/c1-2-3-16-26-18-14-12-17(13-15-18)24-23-19-8-4-6-10-21(19)25-22-11-7-5-9-20(22)23/h4-15H,2-3,16H2,1H3,(H,24,25). The van der Waals surface area contributed by atoms with E-state index in [2.05, 4.69) is 60.8 Å². The van der Waals surface area contributed by atoms with E-state index >= 15 is 0 Å². The first kappa shape index (κ1) is 16.4. The highest BCUT2D eigenvalue weighted by molar-refractivity contribution is 6.08. The average Bonchev–Trinajstić information content (AvgIpc) is 2.69. The number of hydrogen-bond donors (Lipinski definition) is 1. The lowest BCUT2D eigenvalue weighted by atomic mass is 10.1. The Morgan fingerprint density at radius 3 is 2.04 bits per heavy atom. The maximum absolute atomic E-state index is 5.75. The molecule has 1 N–H and O–H groups in total. The lowest BCUT2D eigenvalue weighted by molar-refractivity contribution is 0.309. The second kappa shape index (κ2) is 7.44. The monoisotopic (exact) mass is 342 g/mol. The summed E-state index contributed by atoms with van der Waals surface area (Å²) in [4.78, 5) is 4.78. The first-order valence-electron chi connectivity index (χ1n) is 9.12. The van der Waals surface area contributed by atoms with Crippen LogP contribution in [0.15, 0.2) is 72.8 Å². The molecule has 0 saturated heterocycles. The number of aromatic nitrogens is 1. The van der Waals surface area contributed by atoms with E-state index in [1.165, 1.54) is 0 Å². The largest absolute Gasteiger partial charge is 0.494 e. The number of ether oxygens (including phenoxy) is 1. The van der Waals surface area contributed by atoms with E-state index in [-0.39, 0.29) is 0 Å². The van der Waals surface area contributed by atoms with Gasteiger partial charge in [0.1, 0.15) is 5.75 Å². The van der Waals surface area contributed by atoms with Gasteiger partial charge in [-0.2, -0.15) is 0 Å². The van der Waals surface area contributed by atoms with Crippen LogP contribution in [-0.4, -0.2) is 11.6 Å². The van der Waals surface area contributed by atoms with E-state index in [0.717, 1.165) is 58.4 Å². The molecule has 0 saturated carbocycles. The SMILES string of the molecule is CCCCOc1ccc(Nc2c3ccccc3nc3ccccc23)cc1. The number of rotatable bonds is 6. The number of unbranched alkanes of at least 4 members (excludes halogenated alkanes) is 1. The molecule has 0 fully saturated rings. The molecule has 3 heteroatoms. The molecule has 3 aromatic carbocycles. The summed E-state index contributed by atoms with van der Waals surface area (Å²) in [6.07, 6.45) is 2.22. The number of nitrogens with zero attached hydrogens (tertiary/aromatic N) is 1. The summed E-state index contributed by atoms with van der Waals surface area (Å²) in [5, 5.41) is 5.83.